The van der Waals surface area contributed by atoms with Crippen molar-refractivity contribution >= 4 is 34.6 Å². The number of nitrogens with two attached hydrogens (primary N) is 2. The van der Waals surface area contributed by atoms with E-state index in [4.69, 9.17) is 25.7 Å². The van der Waals surface area contributed by atoms with Crippen LogP contribution in [0.2, 0.25) is 0 Å². The number of fused-ring (bicyclic) bond motifs is 1. The van der Waals surface area contributed by atoms with Crippen LogP contribution in [0.4, 0.5) is 0 Å². The number of amides is 1. The Kier molecular flexibility index (Phi) is 9.10. The fraction of sp³-hybridized carbons (Fsp3) is 0.360. The third kappa shape index (κ3) is 7.11. The largest absolute Gasteiger partial charge is 0.497 e. The van der Waals surface area contributed by atoms with Gasteiger partial charge in [0.2, 0.25) is 11.7 Å². The van der Waals surface area contributed by atoms with Crippen molar-refractivity contribution in [3.8, 4) is 5.75 Å². The Balaban J connectivity index is 1.68. The van der Waals surface area contributed by atoms with Gasteiger partial charge < -0.3 is 46.3 Å². The highest BCUT2D eigenvalue weighted by molar-refractivity contribution is 5.86. The van der Waals surface area contributed by atoms with E-state index >= 15 is 0 Å². The molecule has 0 radical (unpaired) electrons. The summed E-state index contributed by atoms with van der Waals surface area (Å²) in [5.74, 6) is -2.98. The second-order valence-corrected chi connectivity index (χ2v) is 8.65. The zero-order valence-corrected chi connectivity index (χ0v) is 20.7. The van der Waals surface area contributed by atoms with Gasteiger partial charge >= 0.3 is 11.9 Å². The van der Waals surface area contributed by atoms with Crippen LogP contribution in [0.5, 0.6) is 5.75 Å². The van der Waals surface area contributed by atoms with Crippen molar-refractivity contribution in [1.29, 1.82) is 0 Å². The maximum absolute atomic E-state index is 12.4. The number of methoxy groups -OCH3 is 1. The third-order valence-corrected chi connectivity index (χ3v) is 5.79. The first-order valence-corrected chi connectivity index (χ1v) is 11.5. The number of ether oxygens (including phenoxy) is 3. The van der Waals surface area contributed by atoms with Gasteiger partial charge in [0.05, 0.1) is 25.6 Å². The number of rotatable bonds is 10. The number of aliphatic carboxylic acids is 1. The van der Waals surface area contributed by atoms with Crippen molar-refractivity contribution in [3.05, 3.63) is 53.8 Å². The van der Waals surface area contributed by atoms with Gasteiger partial charge in [0.25, 0.3) is 0 Å². The summed E-state index contributed by atoms with van der Waals surface area (Å²) in [6.07, 6.45) is -4.02. The van der Waals surface area contributed by atoms with Crippen molar-refractivity contribution in [1.82, 2.24) is 5.32 Å². The van der Waals surface area contributed by atoms with Crippen LogP contribution >= 0.6 is 0 Å². The zero-order valence-electron chi connectivity index (χ0n) is 20.7. The Bertz CT molecular complexity index is 1260. The lowest BCUT2D eigenvalue weighted by Crippen LogP contribution is -2.60. The van der Waals surface area contributed by atoms with E-state index in [9.17, 15) is 29.7 Å². The van der Waals surface area contributed by atoms with Crippen molar-refractivity contribution in [2.75, 3.05) is 13.7 Å². The number of hydrogen-bond donors (Lipinski definition) is 6. The minimum absolute atomic E-state index is 0.0995. The number of hydrogen-bond acceptors (Lipinski definition) is 9. The van der Waals surface area contributed by atoms with Crippen molar-refractivity contribution in [2.45, 2.75) is 43.7 Å². The molecule has 13 heteroatoms. The lowest BCUT2D eigenvalue weighted by atomic mass is 9.92. The Morgan fingerprint density at radius 3 is 2.45 bits per heavy atom. The number of carbonyl (C=O) groups excluding carboxylic acids is 2. The van der Waals surface area contributed by atoms with Crippen LogP contribution in [0.1, 0.15) is 12.5 Å². The fourth-order valence-corrected chi connectivity index (χ4v) is 4.03. The molecule has 1 amide bonds. The van der Waals surface area contributed by atoms with E-state index in [0.29, 0.717) is 11.3 Å². The van der Waals surface area contributed by atoms with Crippen molar-refractivity contribution < 1.29 is 43.9 Å². The average molecular weight is 531 g/mol. The molecule has 0 aromatic heterocycles. The van der Waals surface area contributed by atoms with Gasteiger partial charge in [-0.3, -0.25) is 9.59 Å². The van der Waals surface area contributed by atoms with Gasteiger partial charge in [-0.1, -0.05) is 24.3 Å². The molecule has 204 valence electrons. The molecule has 0 bridgehead atoms. The number of aliphatic imine (C=N–C) groups is 1. The molecular formula is C25H30N4O9. The summed E-state index contributed by atoms with van der Waals surface area (Å²) in [6.45, 7) is 0.560. The van der Waals surface area contributed by atoms with E-state index in [1.54, 1.807) is 19.2 Å². The molecule has 0 unspecified atom stereocenters. The highest BCUT2D eigenvalue weighted by Gasteiger charge is 2.44. The van der Waals surface area contributed by atoms with Gasteiger partial charge in [-0.25, -0.2) is 9.79 Å². The minimum Gasteiger partial charge on any atom is -0.497 e. The fourth-order valence-electron chi connectivity index (χ4n) is 4.03. The smallest absolute Gasteiger partial charge is 0.370 e. The molecule has 1 heterocycles. The monoisotopic (exact) mass is 530 g/mol. The molecule has 1 aliphatic rings. The topological polar surface area (TPSA) is 216 Å². The molecular weight excluding hydrogens is 500 g/mol. The summed E-state index contributed by atoms with van der Waals surface area (Å²) < 4.78 is 15.7. The molecule has 8 N–H and O–H groups in total. The number of nitrogens with one attached hydrogen (secondary N) is 1. The second kappa shape index (κ2) is 12.3. The summed E-state index contributed by atoms with van der Waals surface area (Å²) in [5, 5.41) is 35.0. The molecule has 0 fully saturated rings. The number of benzene rings is 2. The van der Waals surface area contributed by atoms with Crippen molar-refractivity contribution in [2.24, 2.45) is 16.5 Å². The van der Waals surface area contributed by atoms with E-state index in [1.165, 1.54) is 6.92 Å². The summed E-state index contributed by atoms with van der Waals surface area (Å²) in [4.78, 5) is 39.6. The van der Waals surface area contributed by atoms with Crippen LogP contribution in [-0.4, -0.2) is 83.2 Å². The number of aliphatic hydroxyl groups excluding tert-OH is 2. The SMILES string of the molecule is COc1ccc2cc(CC(=O)OC[C@@H](O)[C@@H](O)[C@@H]3OC(C(=O)O)=C[C@H](N=C(N)N)[C@H]3NC(C)=O)ccc2c1. The second-order valence-electron chi connectivity index (χ2n) is 8.65. The zero-order chi connectivity index (χ0) is 28.0. The summed E-state index contributed by atoms with van der Waals surface area (Å²) >= 11 is 0. The van der Waals surface area contributed by atoms with Gasteiger partial charge in [0, 0.05) is 6.92 Å². The van der Waals surface area contributed by atoms with Gasteiger partial charge in [0.1, 0.15) is 30.7 Å². The molecule has 1 aliphatic heterocycles. The number of carbonyl (C=O) groups is 3. The molecule has 13 nitrogen and oxygen atoms in total. The summed E-state index contributed by atoms with van der Waals surface area (Å²) in [6, 6.07) is 8.66. The molecule has 0 saturated heterocycles. The van der Waals surface area contributed by atoms with Crippen LogP contribution < -0.4 is 21.5 Å². The van der Waals surface area contributed by atoms with E-state index in [1.807, 2.05) is 24.3 Å². The van der Waals surface area contributed by atoms with E-state index in [-0.39, 0.29) is 6.42 Å². The van der Waals surface area contributed by atoms with Gasteiger partial charge in [-0.2, -0.15) is 0 Å². The Labute approximate surface area is 217 Å². The molecule has 5 atom stereocenters. The predicted molar refractivity (Wildman–Crippen MR) is 135 cm³/mol. The van der Waals surface area contributed by atoms with Gasteiger partial charge in [-0.05, 0) is 34.5 Å². The maximum atomic E-state index is 12.4. The van der Waals surface area contributed by atoms with E-state index in [2.05, 4.69) is 10.3 Å². The number of nitrogens with zero attached hydrogens (tertiary/aromatic N) is 1. The molecule has 2 aromatic rings. The number of aliphatic hydroxyl groups is 2. The van der Waals surface area contributed by atoms with E-state index < -0.39 is 66.6 Å². The maximum Gasteiger partial charge on any atom is 0.370 e. The van der Waals surface area contributed by atoms with E-state index in [0.717, 1.165) is 16.8 Å². The molecule has 0 spiro atoms. The van der Waals surface area contributed by atoms with Gasteiger partial charge in [0.15, 0.2) is 5.96 Å². The first kappa shape index (κ1) is 28.2. The third-order valence-electron chi connectivity index (χ3n) is 5.79. The quantitative estimate of drug-likeness (QED) is 0.127. The molecule has 0 aliphatic carbocycles. The predicted octanol–water partition coefficient (Wildman–Crippen LogP) is -0.830. The standard InChI is InChI=1S/C25H30N4O9/c1-12(30)28-21-17(29-25(26)27)10-19(24(34)35)38-23(21)22(33)18(31)11-37-20(32)8-13-3-4-15-9-16(36-2)6-5-14(15)7-13/h3-7,9-10,17-18,21-23,31,33H,8,11H2,1-2H3,(H,28,30)(H,34,35)(H4,26,27,29)/t17-,18+,21+,22+,23+/m0/s1. The van der Waals surface area contributed by atoms with Crippen LogP contribution in [0, 0.1) is 0 Å². The lowest BCUT2D eigenvalue weighted by Gasteiger charge is -2.38. The van der Waals surface area contributed by atoms with Gasteiger partial charge in [-0.15, -0.1) is 0 Å². The summed E-state index contributed by atoms with van der Waals surface area (Å²) in [5.41, 5.74) is 11.5. The number of carboxylic acids is 1. The first-order valence-electron chi connectivity index (χ1n) is 11.5. The summed E-state index contributed by atoms with van der Waals surface area (Å²) in [7, 11) is 1.57. The molecule has 3 rings (SSSR count). The van der Waals surface area contributed by atoms with Crippen LogP contribution in [0.15, 0.2) is 53.2 Å². The van der Waals surface area contributed by atoms with Crippen molar-refractivity contribution in [3.63, 3.8) is 0 Å². The van der Waals surface area contributed by atoms with Crippen LogP contribution in [0.3, 0.4) is 0 Å². The highest BCUT2D eigenvalue weighted by atomic mass is 16.6. The van der Waals surface area contributed by atoms with Crippen LogP contribution in [-0.2, 0) is 30.3 Å². The average Bonchev–Trinajstić information content (AvgIpc) is 2.86. The first-order chi connectivity index (χ1) is 18.0. The molecule has 0 saturated carbocycles. The number of guanidine groups is 1. The molecule has 38 heavy (non-hydrogen) atoms. The number of carboxylic acid groups (broad SMARTS) is 1. The number of esters is 1. The Morgan fingerprint density at radius 1 is 1.13 bits per heavy atom. The lowest BCUT2D eigenvalue weighted by molar-refractivity contribution is -0.155. The van der Waals surface area contributed by atoms with Crippen LogP contribution in [0.25, 0.3) is 10.8 Å². The normalized spacial score (nSPS) is 20.3. The Morgan fingerprint density at radius 2 is 1.82 bits per heavy atom. The highest BCUT2D eigenvalue weighted by Crippen LogP contribution is 2.25. The molecule has 2 aromatic carbocycles. The Hall–Kier alpha value is -4.36. The minimum atomic E-state index is -1.80.